The van der Waals surface area contributed by atoms with Crippen molar-refractivity contribution in [1.29, 1.82) is 0 Å². The summed E-state index contributed by atoms with van der Waals surface area (Å²) in [6, 6.07) is 3.48. The average Bonchev–Trinajstić information content (AvgIpc) is 3.10. The summed E-state index contributed by atoms with van der Waals surface area (Å²) >= 11 is 0. The molecule has 1 aliphatic heterocycles. The Labute approximate surface area is 160 Å². The van der Waals surface area contributed by atoms with Gasteiger partial charge in [0.15, 0.2) is 5.96 Å². The van der Waals surface area contributed by atoms with Crippen molar-refractivity contribution in [2.75, 3.05) is 32.8 Å². The first-order chi connectivity index (χ1) is 11.3. The molecule has 0 saturated carbocycles. The molecule has 0 bridgehead atoms. The van der Waals surface area contributed by atoms with Gasteiger partial charge in [0, 0.05) is 38.6 Å². The van der Waals surface area contributed by atoms with E-state index in [1.54, 1.807) is 24.5 Å². The van der Waals surface area contributed by atoms with E-state index in [1.807, 2.05) is 6.92 Å². The lowest BCUT2D eigenvalue weighted by molar-refractivity contribution is 0.0954. The predicted octanol–water partition coefficient (Wildman–Crippen LogP) is 1.16. The summed E-state index contributed by atoms with van der Waals surface area (Å²) in [6.45, 7) is 5.43. The summed E-state index contributed by atoms with van der Waals surface area (Å²) in [5, 5.41) is 9.24. The van der Waals surface area contributed by atoms with Gasteiger partial charge in [-0.3, -0.25) is 14.8 Å². The van der Waals surface area contributed by atoms with E-state index in [0.29, 0.717) is 25.2 Å². The molecule has 0 radical (unpaired) electrons. The number of aliphatic imine (C=N–C) groups is 1. The molecule has 3 N–H and O–H groups in total. The molecule has 1 atom stereocenters. The Balaban J connectivity index is 0.00000288. The molecule has 0 spiro atoms. The van der Waals surface area contributed by atoms with Gasteiger partial charge >= 0.3 is 0 Å². The summed E-state index contributed by atoms with van der Waals surface area (Å²) in [5.41, 5.74) is 0.562. The van der Waals surface area contributed by atoms with Gasteiger partial charge in [-0.1, -0.05) is 0 Å². The van der Waals surface area contributed by atoms with Gasteiger partial charge in [-0.15, -0.1) is 24.0 Å². The standard InChI is InChI=1S/C16H25N5O2.HI/c1-2-18-16(21-12-14-6-4-10-23-14)20-9-8-19-15(22)13-5-3-7-17-11-13;/h3,5,7,11,14H,2,4,6,8-10,12H2,1H3,(H,19,22)(H2,18,20,21);1H. The number of nitrogens with one attached hydrogen (secondary N) is 3. The maximum Gasteiger partial charge on any atom is 0.252 e. The lowest BCUT2D eigenvalue weighted by Gasteiger charge is -2.13. The van der Waals surface area contributed by atoms with E-state index in [2.05, 4.69) is 25.9 Å². The molecule has 1 aliphatic rings. The van der Waals surface area contributed by atoms with Crippen LogP contribution in [0.5, 0.6) is 0 Å². The molecule has 24 heavy (non-hydrogen) atoms. The topological polar surface area (TPSA) is 87.6 Å². The van der Waals surface area contributed by atoms with E-state index in [4.69, 9.17) is 4.74 Å². The molecule has 1 aromatic heterocycles. The van der Waals surface area contributed by atoms with E-state index in [-0.39, 0.29) is 36.0 Å². The van der Waals surface area contributed by atoms with Gasteiger partial charge in [0.25, 0.3) is 5.91 Å². The molecule has 1 saturated heterocycles. The summed E-state index contributed by atoms with van der Waals surface area (Å²) < 4.78 is 5.56. The van der Waals surface area contributed by atoms with E-state index in [1.165, 1.54) is 0 Å². The van der Waals surface area contributed by atoms with Crippen molar-refractivity contribution >= 4 is 35.8 Å². The molecule has 1 fully saturated rings. The van der Waals surface area contributed by atoms with Crippen LogP contribution < -0.4 is 16.0 Å². The van der Waals surface area contributed by atoms with Crippen molar-refractivity contribution in [2.24, 2.45) is 4.99 Å². The minimum Gasteiger partial charge on any atom is -0.376 e. The second kappa shape index (κ2) is 12.0. The Kier molecular flexibility index (Phi) is 10.3. The van der Waals surface area contributed by atoms with Crippen LogP contribution in [0.4, 0.5) is 0 Å². The van der Waals surface area contributed by atoms with E-state index >= 15 is 0 Å². The van der Waals surface area contributed by atoms with Gasteiger partial charge in [-0.25, -0.2) is 0 Å². The fourth-order valence-corrected chi connectivity index (χ4v) is 2.28. The smallest absolute Gasteiger partial charge is 0.252 e. The van der Waals surface area contributed by atoms with Crippen molar-refractivity contribution in [3.63, 3.8) is 0 Å². The molecule has 0 aliphatic carbocycles. The number of nitrogens with zero attached hydrogens (tertiary/aromatic N) is 2. The normalized spacial score (nSPS) is 17.0. The second-order valence-corrected chi connectivity index (χ2v) is 5.28. The molecule has 1 amide bonds. The zero-order valence-electron chi connectivity index (χ0n) is 14.0. The fraction of sp³-hybridized carbons (Fsp3) is 0.562. The molecule has 2 heterocycles. The molecule has 134 valence electrons. The number of amides is 1. The Hall–Kier alpha value is -1.42. The number of carbonyl (C=O) groups excluding carboxylic acids is 1. The first kappa shape index (κ1) is 20.6. The summed E-state index contributed by atoms with van der Waals surface area (Å²) in [5.74, 6) is 0.625. The van der Waals surface area contributed by atoms with Crippen LogP contribution in [-0.4, -0.2) is 55.7 Å². The molecular formula is C16H26IN5O2. The highest BCUT2D eigenvalue weighted by Gasteiger charge is 2.14. The van der Waals surface area contributed by atoms with Crippen molar-refractivity contribution in [2.45, 2.75) is 25.9 Å². The predicted molar refractivity (Wildman–Crippen MR) is 105 cm³/mol. The van der Waals surface area contributed by atoms with Gasteiger partial charge in [0.05, 0.1) is 18.2 Å². The lowest BCUT2D eigenvalue weighted by atomic mass is 10.2. The van der Waals surface area contributed by atoms with Crippen LogP contribution >= 0.6 is 24.0 Å². The number of hydrogen-bond donors (Lipinski definition) is 3. The monoisotopic (exact) mass is 447 g/mol. The first-order valence-corrected chi connectivity index (χ1v) is 8.11. The minimum atomic E-state index is -0.124. The zero-order valence-corrected chi connectivity index (χ0v) is 16.3. The molecular weight excluding hydrogens is 421 g/mol. The van der Waals surface area contributed by atoms with Gasteiger partial charge in [0.1, 0.15) is 0 Å². The van der Waals surface area contributed by atoms with Crippen LogP contribution in [0.2, 0.25) is 0 Å². The van der Waals surface area contributed by atoms with Gasteiger partial charge in [0.2, 0.25) is 0 Å². The fourth-order valence-electron chi connectivity index (χ4n) is 2.28. The highest BCUT2D eigenvalue weighted by atomic mass is 127. The van der Waals surface area contributed by atoms with Crippen molar-refractivity contribution < 1.29 is 9.53 Å². The SMILES string of the molecule is CCNC(=NCC1CCCO1)NCCNC(=O)c1cccnc1.I. The Morgan fingerprint density at radius 3 is 2.88 bits per heavy atom. The molecule has 0 aromatic carbocycles. The summed E-state index contributed by atoms with van der Waals surface area (Å²) in [4.78, 5) is 20.3. The minimum absolute atomic E-state index is 0. The van der Waals surface area contributed by atoms with Crippen LogP contribution in [0.1, 0.15) is 30.1 Å². The Morgan fingerprint density at radius 2 is 2.21 bits per heavy atom. The number of carbonyl (C=O) groups is 1. The summed E-state index contributed by atoms with van der Waals surface area (Å²) in [7, 11) is 0. The third-order valence-corrected chi connectivity index (χ3v) is 3.45. The maximum atomic E-state index is 11.9. The Bertz CT molecular complexity index is 506. The average molecular weight is 447 g/mol. The quantitative estimate of drug-likeness (QED) is 0.253. The number of halogens is 1. The van der Waals surface area contributed by atoms with Crippen molar-refractivity contribution in [3.8, 4) is 0 Å². The van der Waals surface area contributed by atoms with Crippen LogP contribution in [0.15, 0.2) is 29.5 Å². The number of ether oxygens (including phenoxy) is 1. The molecule has 1 unspecified atom stereocenters. The van der Waals surface area contributed by atoms with Gasteiger partial charge in [-0.2, -0.15) is 0 Å². The number of hydrogen-bond acceptors (Lipinski definition) is 4. The molecule has 2 rings (SSSR count). The highest BCUT2D eigenvalue weighted by Crippen LogP contribution is 2.11. The number of guanidine groups is 1. The van der Waals surface area contributed by atoms with Crippen LogP contribution in [0.3, 0.4) is 0 Å². The summed E-state index contributed by atoms with van der Waals surface area (Å²) in [6.07, 6.45) is 5.62. The first-order valence-electron chi connectivity index (χ1n) is 8.11. The number of aromatic nitrogens is 1. The second-order valence-electron chi connectivity index (χ2n) is 5.28. The number of rotatable bonds is 7. The van der Waals surface area contributed by atoms with E-state index in [9.17, 15) is 4.79 Å². The largest absolute Gasteiger partial charge is 0.376 e. The third kappa shape index (κ3) is 7.43. The van der Waals surface area contributed by atoms with Crippen LogP contribution in [0, 0.1) is 0 Å². The van der Waals surface area contributed by atoms with Gasteiger partial charge < -0.3 is 20.7 Å². The van der Waals surface area contributed by atoms with Crippen LogP contribution in [-0.2, 0) is 4.74 Å². The highest BCUT2D eigenvalue weighted by molar-refractivity contribution is 14.0. The Morgan fingerprint density at radius 1 is 1.38 bits per heavy atom. The van der Waals surface area contributed by atoms with Gasteiger partial charge in [-0.05, 0) is 31.9 Å². The number of pyridine rings is 1. The van der Waals surface area contributed by atoms with E-state index < -0.39 is 0 Å². The lowest BCUT2D eigenvalue weighted by Crippen LogP contribution is -2.42. The van der Waals surface area contributed by atoms with Crippen LogP contribution in [0.25, 0.3) is 0 Å². The van der Waals surface area contributed by atoms with Crippen molar-refractivity contribution in [3.05, 3.63) is 30.1 Å². The third-order valence-electron chi connectivity index (χ3n) is 3.45. The maximum absolute atomic E-state index is 11.9. The molecule has 8 heteroatoms. The zero-order chi connectivity index (χ0) is 16.3. The van der Waals surface area contributed by atoms with E-state index in [0.717, 1.165) is 32.0 Å². The molecule has 1 aromatic rings. The van der Waals surface area contributed by atoms with Crippen molar-refractivity contribution in [1.82, 2.24) is 20.9 Å². The molecule has 7 nitrogen and oxygen atoms in total.